The SMILES string of the molecule is C=Cc1nccc2cccc(O)c12.NC=O. The number of hydrogen-bond acceptors (Lipinski definition) is 3. The average molecular weight is 216 g/mol. The minimum Gasteiger partial charge on any atom is -0.507 e. The lowest BCUT2D eigenvalue weighted by atomic mass is 10.1. The quantitative estimate of drug-likeness (QED) is 0.712. The maximum Gasteiger partial charge on any atom is 0.204 e. The van der Waals surface area contributed by atoms with E-state index < -0.39 is 0 Å². The van der Waals surface area contributed by atoms with E-state index in [2.05, 4.69) is 17.3 Å². The zero-order chi connectivity index (χ0) is 12.0. The standard InChI is InChI=1S/C11H9NO.CH3NO/c1-2-9-11-8(6-7-12-9)4-3-5-10(11)13;2-1-3/h2-7,13H,1H2;1H,(H2,2,3). The highest BCUT2D eigenvalue weighted by atomic mass is 16.3. The van der Waals surface area contributed by atoms with Crippen LogP contribution in [0.1, 0.15) is 5.69 Å². The molecule has 0 saturated carbocycles. The summed E-state index contributed by atoms with van der Waals surface area (Å²) in [4.78, 5) is 12.7. The zero-order valence-electron chi connectivity index (χ0n) is 8.63. The van der Waals surface area contributed by atoms with Gasteiger partial charge < -0.3 is 10.8 Å². The zero-order valence-corrected chi connectivity index (χ0v) is 8.63. The summed E-state index contributed by atoms with van der Waals surface area (Å²) in [6.07, 6.45) is 3.60. The van der Waals surface area contributed by atoms with Crippen molar-refractivity contribution in [1.82, 2.24) is 4.98 Å². The first-order valence-electron chi connectivity index (χ1n) is 4.59. The Morgan fingerprint density at radius 2 is 2.06 bits per heavy atom. The lowest BCUT2D eigenvalue weighted by molar-refractivity contribution is -0.106. The number of phenols is 1. The molecule has 0 bridgehead atoms. The summed E-state index contributed by atoms with van der Waals surface area (Å²) in [7, 11) is 0. The van der Waals surface area contributed by atoms with E-state index in [4.69, 9.17) is 4.79 Å². The van der Waals surface area contributed by atoms with E-state index in [-0.39, 0.29) is 12.2 Å². The van der Waals surface area contributed by atoms with Crippen molar-refractivity contribution in [1.29, 1.82) is 0 Å². The molecule has 0 radical (unpaired) electrons. The van der Waals surface area contributed by atoms with Crippen LogP contribution in [0.2, 0.25) is 0 Å². The number of pyridine rings is 1. The van der Waals surface area contributed by atoms with Crippen molar-refractivity contribution in [2.75, 3.05) is 0 Å². The molecule has 0 saturated heterocycles. The molecule has 3 N–H and O–H groups in total. The van der Waals surface area contributed by atoms with Crippen LogP contribution in [0.4, 0.5) is 0 Å². The fourth-order valence-corrected chi connectivity index (χ4v) is 1.39. The van der Waals surface area contributed by atoms with E-state index in [0.29, 0.717) is 0 Å². The van der Waals surface area contributed by atoms with E-state index in [0.717, 1.165) is 16.5 Å². The molecule has 0 fully saturated rings. The van der Waals surface area contributed by atoms with Gasteiger partial charge in [0.25, 0.3) is 0 Å². The van der Waals surface area contributed by atoms with Gasteiger partial charge in [-0.3, -0.25) is 9.78 Å². The van der Waals surface area contributed by atoms with E-state index in [9.17, 15) is 5.11 Å². The van der Waals surface area contributed by atoms with Gasteiger partial charge in [0.05, 0.1) is 5.69 Å². The number of carbonyl (C=O) groups is 1. The minimum absolute atomic E-state index is 0.250. The first kappa shape index (κ1) is 11.7. The van der Waals surface area contributed by atoms with Crippen LogP contribution in [0.25, 0.3) is 16.8 Å². The van der Waals surface area contributed by atoms with Gasteiger partial charge in [0.15, 0.2) is 0 Å². The normalized spacial score (nSPS) is 9.00. The number of fused-ring (bicyclic) bond motifs is 1. The molecule has 4 nitrogen and oxygen atoms in total. The Balaban J connectivity index is 0.000000386. The first-order valence-corrected chi connectivity index (χ1v) is 4.59. The lowest BCUT2D eigenvalue weighted by Crippen LogP contribution is -1.83. The van der Waals surface area contributed by atoms with E-state index in [1.165, 1.54) is 0 Å². The molecule has 1 aromatic carbocycles. The Morgan fingerprint density at radius 1 is 1.38 bits per heavy atom. The summed E-state index contributed by atoms with van der Waals surface area (Å²) >= 11 is 0. The minimum atomic E-state index is 0.250. The van der Waals surface area contributed by atoms with Crippen LogP contribution in [0.3, 0.4) is 0 Å². The van der Waals surface area contributed by atoms with E-state index in [1.807, 2.05) is 18.2 Å². The predicted molar refractivity (Wildman–Crippen MR) is 63.8 cm³/mol. The number of hydrogen-bond donors (Lipinski definition) is 2. The van der Waals surface area contributed by atoms with Gasteiger partial charge in [-0.25, -0.2) is 0 Å². The molecule has 4 heteroatoms. The second kappa shape index (κ2) is 5.50. The van der Waals surface area contributed by atoms with Crippen LogP contribution in [0.15, 0.2) is 37.0 Å². The monoisotopic (exact) mass is 216 g/mol. The van der Waals surface area contributed by atoms with Crippen LogP contribution < -0.4 is 5.73 Å². The highest BCUT2D eigenvalue weighted by molar-refractivity contribution is 5.93. The number of amides is 1. The smallest absolute Gasteiger partial charge is 0.204 e. The lowest BCUT2D eigenvalue weighted by Gasteiger charge is -2.02. The number of rotatable bonds is 1. The molecular formula is C12H12N2O2. The summed E-state index contributed by atoms with van der Waals surface area (Å²) in [6, 6.07) is 7.26. The molecule has 0 aliphatic heterocycles. The number of aromatic hydroxyl groups is 1. The molecule has 2 rings (SSSR count). The Morgan fingerprint density at radius 3 is 2.69 bits per heavy atom. The van der Waals surface area contributed by atoms with Crippen molar-refractivity contribution < 1.29 is 9.90 Å². The third-order valence-corrected chi connectivity index (χ3v) is 1.99. The van der Waals surface area contributed by atoms with Gasteiger partial charge in [-0.1, -0.05) is 18.7 Å². The van der Waals surface area contributed by atoms with Crippen LogP contribution in [0.5, 0.6) is 5.75 Å². The number of carbonyl (C=O) groups excluding carboxylic acids is 1. The Kier molecular flexibility index (Phi) is 4.03. The molecule has 0 aliphatic carbocycles. The van der Waals surface area contributed by atoms with Gasteiger partial charge in [0.1, 0.15) is 5.75 Å². The summed E-state index contributed by atoms with van der Waals surface area (Å²) in [6.45, 7) is 3.65. The van der Waals surface area contributed by atoms with Gasteiger partial charge in [-0.15, -0.1) is 0 Å². The van der Waals surface area contributed by atoms with Gasteiger partial charge in [0.2, 0.25) is 6.41 Å². The van der Waals surface area contributed by atoms with Gasteiger partial charge >= 0.3 is 0 Å². The Hall–Kier alpha value is -2.36. The van der Waals surface area contributed by atoms with Crippen molar-refractivity contribution in [3.63, 3.8) is 0 Å². The molecule has 82 valence electrons. The van der Waals surface area contributed by atoms with Gasteiger partial charge in [0, 0.05) is 11.6 Å². The number of nitrogens with two attached hydrogens (primary N) is 1. The number of phenolic OH excluding ortho intramolecular Hbond substituents is 1. The van der Waals surface area contributed by atoms with Crippen molar-refractivity contribution in [3.8, 4) is 5.75 Å². The van der Waals surface area contributed by atoms with E-state index >= 15 is 0 Å². The van der Waals surface area contributed by atoms with Crippen LogP contribution in [-0.2, 0) is 4.79 Å². The van der Waals surface area contributed by atoms with Gasteiger partial charge in [-0.2, -0.15) is 0 Å². The summed E-state index contributed by atoms with van der Waals surface area (Å²) in [5.74, 6) is 0.250. The number of primary amides is 1. The van der Waals surface area contributed by atoms with E-state index in [1.54, 1.807) is 18.3 Å². The van der Waals surface area contributed by atoms with Crippen molar-refractivity contribution >= 4 is 23.3 Å². The molecule has 16 heavy (non-hydrogen) atoms. The van der Waals surface area contributed by atoms with Gasteiger partial charge in [-0.05, 0) is 23.6 Å². The summed E-state index contributed by atoms with van der Waals surface area (Å²) < 4.78 is 0. The third kappa shape index (κ3) is 2.36. The highest BCUT2D eigenvalue weighted by Gasteiger charge is 2.02. The van der Waals surface area contributed by atoms with Crippen LogP contribution in [-0.4, -0.2) is 16.5 Å². The highest BCUT2D eigenvalue weighted by Crippen LogP contribution is 2.26. The summed E-state index contributed by atoms with van der Waals surface area (Å²) in [5.41, 5.74) is 4.88. The number of nitrogens with zero attached hydrogens (tertiary/aromatic N) is 1. The maximum atomic E-state index is 9.60. The molecule has 1 aromatic heterocycles. The molecule has 0 atom stereocenters. The second-order valence-corrected chi connectivity index (χ2v) is 2.91. The molecular weight excluding hydrogens is 204 g/mol. The third-order valence-electron chi connectivity index (χ3n) is 1.99. The largest absolute Gasteiger partial charge is 0.507 e. The molecule has 1 heterocycles. The maximum absolute atomic E-state index is 9.60. The Bertz CT molecular complexity index is 504. The number of benzene rings is 1. The first-order chi connectivity index (χ1) is 7.74. The molecule has 0 spiro atoms. The van der Waals surface area contributed by atoms with Crippen molar-refractivity contribution in [2.45, 2.75) is 0 Å². The van der Waals surface area contributed by atoms with Crippen LogP contribution in [0, 0.1) is 0 Å². The molecule has 1 amide bonds. The van der Waals surface area contributed by atoms with Crippen molar-refractivity contribution in [2.24, 2.45) is 5.73 Å². The average Bonchev–Trinajstić information content (AvgIpc) is 2.30. The molecule has 0 aliphatic rings. The molecule has 0 unspecified atom stereocenters. The molecule has 2 aromatic rings. The summed E-state index contributed by atoms with van der Waals surface area (Å²) in [5, 5.41) is 11.3. The Labute approximate surface area is 93.0 Å². The fourth-order valence-electron chi connectivity index (χ4n) is 1.39. The predicted octanol–water partition coefficient (Wildman–Crippen LogP) is 1.68. The van der Waals surface area contributed by atoms with Crippen LogP contribution >= 0.6 is 0 Å². The number of aromatic nitrogens is 1. The van der Waals surface area contributed by atoms with Crippen molar-refractivity contribution in [3.05, 3.63) is 42.7 Å². The fraction of sp³-hybridized carbons (Fsp3) is 0. The second-order valence-electron chi connectivity index (χ2n) is 2.91. The topological polar surface area (TPSA) is 76.2 Å².